The van der Waals surface area contributed by atoms with Gasteiger partial charge in [0, 0.05) is 23.8 Å². The minimum atomic E-state index is -0.918. The van der Waals surface area contributed by atoms with E-state index in [1.807, 2.05) is 0 Å². The zero-order valence-electron chi connectivity index (χ0n) is 25.3. The first-order valence-electron chi connectivity index (χ1n) is 14.2. The molecule has 0 fully saturated rings. The molecule has 1 atom stereocenters. The molecule has 5 rings (SSSR count). The monoisotopic (exact) mass is 647 g/mol. The van der Waals surface area contributed by atoms with E-state index in [4.69, 9.17) is 18.6 Å². The fourth-order valence-electron chi connectivity index (χ4n) is 4.85. The van der Waals surface area contributed by atoms with Crippen LogP contribution in [0.2, 0.25) is 0 Å². The van der Waals surface area contributed by atoms with Crippen LogP contribution in [0.3, 0.4) is 0 Å². The van der Waals surface area contributed by atoms with Crippen molar-refractivity contribution in [2.45, 2.75) is 26.8 Å². The lowest BCUT2D eigenvalue weighted by Crippen LogP contribution is -2.40. The minimum Gasteiger partial charge on any atom is -0.490 e. The van der Waals surface area contributed by atoms with Gasteiger partial charge >= 0.3 is 11.9 Å². The summed E-state index contributed by atoms with van der Waals surface area (Å²) in [7, 11) is 1.25. The maximum atomic E-state index is 14.0. The lowest BCUT2D eigenvalue weighted by Gasteiger charge is -2.25. The van der Waals surface area contributed by atoms with E-state index in [0.29, 0.717) is 43.4 Å². The number of ether oxygens (including phenoxy) is 4. The van der Waals surface area contributed by atoms with E-state index in [2.05, 4.69) is 9.73 Å². The van der Waals surface area contributed by atoms with E-state index < -0.39 is 28.5 Å². The summed E-state index contributed by atoms with van der Waals surface area (Å²) < 4.78 is 29.1. The smallest absolute Gasteiger partial charge is 0.343 e. The number of nitrogens with zero attached hydrogens (tertiary/aromatic N) is 3. The average molecular weight is 648 g/mol. The summed E-state index contributed by atoms with van der Waals surface area (Å²) >= 11 is 1.13. The Morgan fingerprint density at radius 2 is 1.83 bits per heavy atom. The van der Waals surface area contributed by atoms with Gasteiger partial charge in [-0.3, -0.25) is 19.5 Å². The van der Waals surface area contributed by atoms with Gasteiger partial charge in [0.1, 0.15) is 11.5 Å². The predicted octanol–water partition coefficient (Wildman–Crippen LogP) is 3.92. The third-order valence-corrected chi connectivity index (χ3v) is 7.92. The fourth-order valence-corrected chi connectivity index (χ4v) is 5.87. The van der Waals surface area contributed by atoms with Gasteiger partial charge in [-0.2, -0.15) is 0 Å². The quantitative estimate of drug-likeness (QED) is 0.133. The number of carbonyl (C=O) groups is 2. The highest BCUT2D eigenvalue weighted by molar-refractivity contribution is 7.07. The van der Waals surface area contributed by atoms with Crippen molar-refractivity contribution in [2.75, 3.05) is 26.9 Å². The zero-order valence-corrected chi connectivity index (χ0v) is 26.1. The van der Waals surface area contributed by atoms with Crippen molar-refractivity contribution < 1.29 is 37.9 Å². The molecule has 0 saturated heterocycles. The number of carbonyl (C=O) groups excluding carboxylic acids is 2. The normalized spacial score (nSPS) is 14.3. The molecule has 0 N–H and O–H groups in total. The van der Waals surface area contributed by atoms with E-state index in [9.17, 15) is 24.5 Å². The lowest BCUT2D eigenvalue weighted by atomic mass is 9.95. The molecule has 0 amide bonds. The highest BCUT2D eigenvalue weighted by Crippen LogP contribution is 2.36. The Hall–Kier alpha value is -5.50. The standard InChI is InChI=1S/C32H29N3O10S/c1-5-42-25-15-20(9-13-24(25)44-17-27(36)41-4)29-28(31(38)43-6-2)18(3)33-32-34(29)30(37)26(46-32)16-22-12-14-23(45-22)19-7-10-21(11-8-19)35(39)40/h7-16,29H,5-6,17H2,1-4H3/b26-16+/t29-/m1/s1. The van der Waals surface area contributed by atoms with E-state index in [-0.39, 0.29) is 36.8 Å². The van der Waals surface area contributed by atoms with Crippen LogP contribution in [-0.4, -0.2) is 48.4 Å². The Morgan fingerprint density at radius 3 is 2.50 bits per heavy atom. The summed E-state index contributed by atoms with van der Waals surface area (Å²) in [6, 6.07) is 13.3. The number of nitro groups is 1. The van der Waals surface area contributed by atoms with Crippen LogP contribution >= 0.6 is 11.3 Å². The van der Waals surface area contributed by atoms with Gasteiger partial charge in [0.05, 0.1) is 47.1 Å². The first-order valence-corrected chi connectivity index (χ1v) is 15.0. The lowest BCUT2D eigenvalue weighted by molar-refractivity contribution is -0.384. The number of furan rings is 1. The summed E-state index contributed by atoms with van der Waals surface area (Å²) in [6.07, 6.45) is 1.58. The fraction of sp³-hybridized carbons (Fsp3) is 0.250. The average Bonchev–Trinajstić information content (AvgIpc) is 3.63. The van der Waals surface area contributed by atoms with Gasteiger partial charge in [0.15, 0.2) is 22.9 Å². The Balaban J connectivity index is 1.59. The first-order chi connectivity index (χ1) is 22.1. The predicted molar refractivity (Wildman–Crippen MR) is 166 cm³/mol. The molecule has 3 heterocycles. The Kier molecular flexibility index (Phi) is 9.47. The Labute approximate surface area is 265 Å². The number of esters is 2. The van der Waals surface area contributed by atoms with Crippen molar-refractivity contribution in [1.29, 1.82) is 0 Å². The molecule has 13 nitrogen and oxygen atoms in total. The third kappa shape index (κ3) is 6.47. The van der Waals surface area contributed by atoms with Gasteiger partial charge in [0.25, 0.3) is 11.2 Å². The molecular weight excluding hydrogens is 618 g/mol. The molecule has 0 unspecified atom stereocenters. The second-order valence-electron chi connectivity index (χ2n) is 9.81. The SMILES string of the molecule is CCOC(=O)C1=C(C)N=c2s/c(=C/c3ccc(-c4ccc([N+](=O)[O-])cc4)o3)c(=O)n2[C@@H]1c1ccc(OCC(=O)OC)c(OCC)c1. The maximum Gasteiger partial charge on any atom is 0.343 e. The number of hydrogen-bond donors (Lipinski definition) is 0. The van der Waals surface area contributed by atoms with Crippen molar-refractivity contribution >= 4 is 35.0 Å². The van der Waals surface area contributed by atoms with Crippen molar-refractivity contribution in [3.63, 3.8) is 0 Å². The van der Waals surface area contributed by atoms with Crippen LogP contribution in [-0.2, 0) is 19.1 Å². The van der Waals surface area contributed by atoms with Gasteiger partial charge in [-0.15, -0.1) is 0 Å². The van der Waals surface area contributed by atoms with E-state index in [0.717, 1.165) is 11.3 Å². The van der Waals surface area contributed by atoms with Crippen LogP contribution in [0, 0.1) is 10.1 Å². The number of methoxy groups -OCH3 is 1. The summed E-state index contributed by atoms with van der Waals surface area (Å²) in [5.74, 6) is 0.234. The summed E-state index contributed by atoms with van der Waals surface area (Å²) in [6.45, 7) is 5.22. The number of allylic oxidation sites excluding steroid dienone is 1. The summed E-state index contributed by atoms with van der Waals surface area (Å²) in [5.41, 5.74) is 1.27. The molecule has 2 aromatic carbocycles. The highest BCUT2D eigenvalue weighted by atomic mass is 32.1. The zero-order chi connectivity index (χ0) is 33.0. The highest BCUT2D eigenvalue weighted by Gasteiger charge is 2.34. The second-order valence-corrected chi connectivity index (χ2v) is 10.8. The van der Waals surface area contributed by atoms with Crippen LogP contribution in [0.15, 0.2) is 80.1 Å². The van der Waals surface area contributed by atoms with E-state index in [1.165, 1.54) is 23.8 Å². The van der Waals surface area contributed by atoms with Crippen LogP contribution in [0.25, 0.3) is 17.4 Å². The first kappa shape index (κ1) is 31.9. The van der Waals surface area contributed by atoms with Crippen molar-refractivity contribution in [3.05, 3.63) is 107 Å². The van der Waals surface area contributed by atoms with Gasteiger partial charge in [0.2, 0.25) is 0 Å². The number of fused-ring (bicyclic) bond motifs is 1. The van der Waals surface area contributed by atoms with E-state index in [1.54, 1.807) is 69.3 Å². The maximum absolute atomic E-state index is 14.0. The molecular formula is C32H29N3O10S. The molecule has 0 saturated carbocycles. The van der Waals surface area contributed by atoms with Gasteiger partial charge in [-0.25, -0.2) is 14.6 Å². The van der Waals surface area contributed by atoms with E-state index >= 15 is 0 Å². The molecule has 46 heavy (non-hydrogen) atoms. The summed E-state index contributed by atoms with van der Waals surface area (Å²) in [4.78, 5) is 54.4. The second kappa shape index (κ2) is 13.6. The van der Waals surface area contributed by atoms with Crippen molar-refractivity contribution in [3.8, 4) is 22.8 Å². The number of benzene rings is 2. The topological polar surface area (TPSA) is 162 Å². The van der Waals surface area contributed by atoms with Gasteiger partial charge < -0.3 is 23.4 Å². The van der Waals surface area contributed by atoms with Gasteiger partial charge in [-0.1, -0.05) is 17.4 Å². The number of non-ortho nitro benzene ring substituents is 1. The Bertz CT molecular complexity index is 2020. The molecule has 1 aliphatic heterocycles. The van der Waals surface area contributed by atoms with Crippen LogP contribution < -0.4 is 24.4 Å². The molecule has 238 valence electrons. The number of aromatic nitrogens is 1. The molecule has 14 heteroatoms. The molecule has 2 aromatic heterocycles. The molecule has 0 aliphatic carbocycles. The number of nitro benzene ring substituents is 1. The summed E-state index contributed by atoms with van der Waals surface area (Å²) in [5, 5.41) is 11.0. The van der Waals surface area contributed by atoms with Crippen molar-refractivity contribution in [2.24, 2.45) is 4.99 Å². The molecule has 0 bridgehead atoms. The molecule has 4 aromatic rings. The molecule has 1 aliphatic rings. The van der Waals surface area contributed by atoms with Gasteiger partial charge in [-0.05, 0) is 62.7 Å². The minimum absolute atomic E-state index is 0.0413. The van der Waals surface area contributed by atoms with Crippen LogP contribution in [0.1, 0.15) is 38.1 Å². The molecule has 0 radical (unpaired) electrons. The van der Waals surface area contributed by atoms with Crippen molar-refractivity contribution in [1.82, 2.24) is 4.57 Å². The largest absolute Gasteiger partial charge is 0.490 e. The van der Waals surface area contributed by atoms with Crippen LogP contribution in [0.4, 0.5) is 5.69 Å². The third-order valence-electron chi connectivity index (χ3n) is 6.94. The molecule has 0 spiro atoms. The number of hydrogen-bond acceptors (Lipinski definition) is 12. The van der Waals surface area contributed by atoms with Crippen LogP contribution in [0.5, 0.6) is 11.5 Å². The number of rotatable bonds is 11. The Morgan fingerprint density at radius 1 is 1.07 bits per heavy atom. The number of thiazole rings is 1.